The maximum atomic E-state index is 12.1. The summed E-state index contributed by atoms with van der Waals surface area (Å²) in [7, 11) is 0. The topological polar surface area (TPSA) is 79.8 Å². The fourth-order valence-corrected chi connectivity index (χ4v) is 2.51. The van der Waals surface area contributed by atoms with Crippen molar-refractivity contribution in [3.63, 3.8) is 0 Å². The van der Waals surface area contributed by atoms with E-state index in [0.717, 1.165) is 5.52 Å². The van der Waals surface area contributed by atoms with Crippen molar-refractivity contribution in [2.75, 3.05) is 18.4 Å². The average Bonchev–Trinajstić information content (AvgIpc) is 2.59. The highest BCUT2D eigenvalue weighted by atomic mass is 35.5. The quantitative estimate of drug-likeness (QED) is 0.682. The number of nitrogens with one attached hydrogen (secondary N) is 2. The molecule has 0 aliphatic carbocycles. The zero-order valence-electron chi connectivity index (χ0n) is 12.5. The Bertz CT molecular complexity index is 887. The molecule has 1 amide bonds. The Morgan fingerprint density at radius 2 is 1.83 bits per heavy atom. The van der Waals surface area contributed by atoms with Gasteiger partial charge < -0.3 is 10.6 Å². The third-order valence-electron chi connectivity index (χ3n) is 3.19. The summed E-state index contributed by atoms with van der Waals surface area (Å²) >= 11 is 11.8. The second-order valence-electron chi connectivity index (χ2n) is 4.91. The molecule has 0 bridgehead atoms. The lowest BCUT2D eigenvalue weighted by Gasteiger charge is -2.08. The number of rotatable bonds is 5. The second kappa shape index (κ2) is 7.42. The predicted molar refractivity (Wildman–Crippen MR) is 94.6 cm³/mol. The van der Waals surface area contributed by atoms with E-state index in [1.807, 2.05) is 24.3 Å². The molecule has 6 nitrogen and oxygen atoms in total. The number of benzene rings is 1. The first-order valence-electron chi connectivity index (χ1n) is 7.18. The molecule has 0 saturated heterocycles. The lowest BCUT2D eigenvalue weighted by Crippen LogP contribution is -2.29. The van der Waals surface area contributed by atoms with Gasteiger partial charge in [0.1, 0.15) is 11.5 Å². The van der Waals surface area contributed by atoms with Gasteiger partial charge in [-0.05, 0) is 18.2 Å². The maximum Gasteiger partial charge on any atom is 0.271 e. The van der Waals surface area contributed by atoms with Gasteiger partial charge in [0.25, 0.3) is 5.91 Å². The van der Waals surface area contributed by atoms with Gasteiger partial charge in [-0.2, -0.15) is 0 Å². The maximum absolute atomic E-state index is 12.1. The molecule has 1 aromatic carbocycles. The average molecular weight is 362 g/mol. The van der Waals surface area contributed by atoms with E-state index >= 15 is 0 Å². The third-order valence-corrected chi connectivity index (χ3v) is 3.69. The highest BCUT2D eigenvalue weighted by molar-refractivity contribution is 6.35. The lowest BCUT2D eigenvalue weighted by molar-refractivity contribution is 0.0950. The number of carbonyl (C=O) groups is 1. The van der Waals surface area contributed by atoms with Gasteiger partial charge in [-0.15, -0.1) is 0 Å². The summed E-state index contributed by atoms with van der Waals surface area (Å²) in [6.45, 7) is 0.842. The number of fused-ring (bicyclic) bond motifs is 1. The van der Waals surface area contributed by atoms with E-state index in [2.05, 4.69) is 25.6 Å². The van der Waals surface area contributed by atoms with Gasteiger partial charge in [0.2, 0.25) is 0 Å². The van der Waals surface area contributed by atoms with Crippen LogP contribution in [0, 0.1) is 0 Å². The minimum Gasteiger partial charge on any atom is -0.367 e. The first-order chi connectivity index (χ1) is 11.6. The van der Waals surface area contributed by atoms with Gasteiger partial charge in [-0.25, -0.2) is 9.97 Å². The molecule has 2 heterocycles. The third kappa shape index (κ3) is 3.90. The fourth-order valence-electron chi connectivity index (χ4n) is 2.06. The van der Waals surface area contributed by atoms with Crippen LogP contribution in [0.2, 0.25) is 10.0 Å². The van der Waals surface area contributed by atoms with Crippen LogP contribution in [0.1, 0.15) is 10.5 Å². The fraction of sp³-hybridized carbons (Fsp3) is 0.125. The van der Waals surface area contributed by atoms with Crippen LogP contribution in [0.3, 0.4) is 0 Å². The number of anilines is 1. The highest BCUT2D eigenvalue weighted by Crippen LogP contribution is 2.22. The van der Waals surface area contributed by atoms with Crippen molar-refractivity contribution in [2.24, 2.45) is 0 Å². The Morgan fingerprint density at radius 3 is 2.62 bits per heavy atom. The van der Waals surface area contributed by atoms with Crippen molar-refractivity contribution in [3.8, 4) is 0 Å². The van der Waals surface area contributed by atoms with Gasteiger partial charge in [-0.3, -0.25) is 9.78 Å². The van der Waals surface area contributed by atoms with E-state index in [4.69, 9.17) is 23.2 Å². The molecule has 0 radical (unpaired) electrons. The summed E-state index contributed by atoms with van der Waals surface area (Å²) in [6, 6.07) is 8.98. The van der Waals surface area contributed by atoms with Crippen LogP contribution in [0.5, 0.6) is 0 Å². The zero-order valence-corrected chi connectivity index (χ0v) is 14.0. The molecule has 8 heteroatoms. The lowest BCUT2D eigenvalue weighted by atomic mass is 10.3. The molecule has 0 saturated carbocycles. The first-order valence-corrected chi connectivity index (χ1v) is 7.94. The van der Waals surface area contributed by atoms with Crippen molar-refractivity contribution < 1.29 is 4.79 Å². The van der Waals surface area contributed by atoms with Crippen LogP contribution in [0.15, 0.2) is 42.7 Å². The smallest absolute Gasteiger partial charge is 0.271 e. The molecule has 122 valence electrons. The Hall–Kier alpha value is -2.44. The Kier molecular flexibility index (Phi) is 5.08. The van der Waals surface area contributed by atoms with E-state index in [1.54, 1.807) is 6.07 Å². The van der Waals surface area contributed by atoms with Crippen LogP contribution in [0.25, 0.3) is 11.0 Å². The summed E-state index contributed by atoms with van der Waals surface area (Å²) in [5.41, 5.74) is 1.70. The second-order valence-corrected chi connectivity index (χ2v) is 5.75. The largest absolute Gasteiger partial charge is 0.367 e. The van der Waals surface area contributed by atoms with E-state index in [-0.39, 0.29) is 11.6 Å². The van der Waals surface area contributed by atoms with E-state index in [9.17, 15) is 4.79 Å². The standard InChI is InChI=1S/C16H13Cl2N5O/c17-10-7-11(18)15(22-8-10)19-5-6-20-16(24)14-9-21-12-3-1-2-4-13(12)23-14/h1-4,7-9H,5-6H2,(H,19,22)(H,20,24). The number of halogens is 2. The number of hydrogen-bond acceptors (Lipinski definition) is 5. The van der Waals surface area contributed by atoms with Gasteiger partial charge in [0.05, 0.1) is 27.3 Å². The van der Waals surface area contributed by atoms with Gasteiger partial charge in [0.15, 0.2) is 0 Å². The van der Waals surface area contributed by atoms with Crippen molar-refractivity contribution in [1.82, 2.24) is 20.3 Å². The van der Waals surface area contributed by atoms with E-state index in [0.29, 0.717) is 34.5 Å². The molecule has 24 heavy (non-hydrogen) atoms. The molecule has 3 rings (SSSR count). The highest BCUT2D eigenvalue weighted by Gasteiger charge is 2.08. The van der Waals surface area contributed by atoms with E-state index in [1.165, 1.54) is 12.4 Å². The summed E-state index contributed by atoms with van der Waals surface area (Å²) in [4.78, 5) is 24.7. The summed E-state index contributed by atoms with van der Waals surface area (Å²) in [5.74, 6) is 0.228. The number of pyridine rings is 1. The SMILES string of the molecule is O=C(NCCNc1ncc(Cl)cc1Cl)c1cnc2ccccc2n1. The van der Waals surface area contributed by atoms with Gasteiger partial charge in [-0.1, -0.05) is 35.3 Å². The van der Waals surface area contributed by atoms with Crippen LogP contribution in [-0.2, 0) is 0 Å². The number of nitrogens with zero attached hydrogens (tertiary/aromatic N) is 3. The molecule has 3 aromatic rings. The Labute approximate surface area is 148 Å². The Morgan fingerprint density at radius 1 is 1.04 bits per heavy atom. The number of carbonyl (C=O) groups excluding carboxylic acids is 1. The summed E-state index contributed by atoms with van der Waals surface area (Å²) < 4.78 is 0. The molecule has 0 spiro atoms. The number of para-hydroxylation sites is 2. The molecular formula is C16H13Cl2N5O. The van der Waals surface area contributed by atoms with Crippen LogP contribution in [0.4, 0.5) is 5.82 Å². The van der Waals surface area contributed by atoms with Gasteiger partial charge in [0, 0.05) is 19.3 Å². The predicted octanol–water partition coefficient (Wildman–Crippen LogP) is 3.17. The first kappa shape index (κ1) is 16.4. The zero-order chi connectivity index (χ0) is 16.9. The molecule has 0 atom stereocenters. The van der Waals surface area contributed by atoms with E-state index < -0.39 is 0 Å². The molecular weight excluding hydrogens is 349 g/mol. The molecule has 0 unspecified atom stereocenters. The van der Waals surface area contributed by atoms with Crippen molar-refractivity contribution in [3.05, 3.63) is 58.5 Å². The number of aromatic nitrogens is 3. The molecule has 0 aliphatic rings. The monoisotopic (exact) mass is 361 g/mol. The van der Waals surface area contributed by atoms with Crippen molar-refractivity contribution in [1.29, 1.82) is 0 Å². The molecule has 0 aliphatic heterocycles. The summed E-state index contributed by atoms with van der Waals surface area (Å²) in [5, 5.41) is 6.68. The molecule has 2 aromatic heterocycles. The minimum absolute atomic E-state index is 0.274. The van der Waals surface area contributed by atoms with Gasteiger partial charge >= 0.3 is 0 Å². The number of hydrogen-bond donors (Lipinski definition) is 2. The Balaban J connectivity index is 1.55. The normalized spacial score (nSPS) is 10.6. The summed E-state index contributed by atoms with van der Waals surface area (Å²) in [6.07, 6.45) is 2.96. The van der Waals surface area contributed by atoms with Crippen LogP contribution < -0.4 is 10.6 Å². The van der Waals surface area contributed by atoms with Crippen LogP contribution in [-0.4, -0.2) is 33.9 Å². The molecule has 0 fully saturated rings. The number of amides is 1. The van der Waals surface area contributed by atoms with Crippen molar-refractivity contribution in [2.45, 2.75) is 0 Å². The van der Waals surface area contributed by atoms with Crippen LogP contribution >= 0.6 is 23.2 Å². The van der Waals surface area contributed by atoms with Crippen molar-refractivity contribution >= 4 is 46.0 Å². The minimum atomic E-state index is -0.287. The molecule has 2 N–H and O–H groups in total.